The number of anilines is 1. The van der Waals surface area contributed by atoms with Crippen LogP contribution in [0.5, 0.6) is 11.6 Å². The van der Waals surface area contributed by atoms with Crippen LogP contribution in [0.4, 0.5) is 5.69 Å². The van der Waals surface area contributed by atoms with Gasteiger partial charge < -0.3 is 9.84 Å². The summed E-state index contributed by atoms with van der Waals surface area (Å²) in [5, 5.41) is 17.9. The lowest BCUT2D eigenvalue weighted by Crippen LogP contribution is -2.58. The number of thioether (sulfide) groups is 1. The van der Waals surface area contributed by atoms with Crippen molar-refractivity contribution in [3.8, 4) is 22.9 Å². The third kappa shape index (κ3) is 4.00. The van der Waals surface area contributed by atoms with Gasteiger partial charge in [0.1, 0.15) is 5.75 Å². The van der Waals surface area contributed by atoms with Crippen LogP contribution in [-0.4, -0.2) is 28.2 Å². The van der Waals surface area contributed by atoms with E-state index >= 15 is 0 Å². The van der Waals surface area contributed by atoms with Crippen molar-refractivity contribution in [1.82, 2.24) is 10.1 Å². The van der Waals surface area contributed by atoms with E-state index < -0.39 is 18.0 Å². The van der Waals surface area contributed by atoms with E-state index in [1.54, 1.807) is 41.5 Å². The number of nitrogens with zero attached hydrogens (tertiary/aromatic N) is 4. The van der Waals surface area contributed by atoms with Crippen molar-refractivity contribution >= 4 is 61.2 Å². The van der Waals surface area contributed by atoms with Gasteiger partial charge in [-0.25, -0.2) is 9.88 Å². The molecule has 164 valence electrons. The number of amides is 1. The maximum Gasteiger partial charge on any atom is 0.308 e. The lowest BCUT2D eigenvalue weighted by Gasteiger charge is -2.33. The number of aromatic nitrogens is 3. The third-order valence-corrected chi connectivity index (χ3v) is 6.45. The molecule has 1 aromatic heterocycles. The first-order valence-corrected chi connectivity index (χ1v) is 12.1. The molecule has 1 atom stereocenters. The monoisotopic (exact) mass is 578 g/mol. The van der Waals surface area contributed by atoms with E-state index in [0.29, 0.717) is 32.2 Å². The van der Waals surface area contributed by atoms with Crippen LogP contribution in [0.15, 0.2) is 50.5 Å². The molecule has 0 aliphatic carbocycles. The Hall–Kier alpha value is -2.50. The highest BCUT2D eigenvalue weighted by Gasteiger charge is 2.44. The van der Waals surface area contributed by atoms with Crippen LogP contribution >= 0.6 is 43.6 Å². The lowest BCUT2D eigenvalue weighted by molar-refractivity contribution is -0.764. The first kappa shape index (κ1) is 22.7. The Kier molecular flexibility index (Phi) is 6.24. The Labute approximate surface area is 204 Å². The van der Waals surface area contributed by atoms with E-state index in [0.717, 1.165) is 4.47 Å². The molecule has 0 fully saturated rings. The topological polar surface area (TPSA) is 99.3 Å². The molecule has 1 amide bonds. The molecule has 11 heteroatoms. The third-order valence-electron chi connectivity index (χ3n) is 4.80. The molecule has 0 spiro atoms. The van der Waals surface area contributed by atoms with Crippen molar-refractivity contribution < 1.29 is 24.1 Å². The summed E-state index contributed by atoms with van der Waals surface area (Å²) in [6.07, 6.45) is 1.03. The number of rotatable bonds is 3. The minimum absolute atomic E-state index is 0.228. The van der Waals surface area contributed by atoms with E-state index in [1.807, 2.05) is 6.07 Å². The molecule has 2 heterocycles. The van der Waals surface area contributed by atoms with Gasteiger partial charge in [0.05, 0.1) is 21.6 Å². The number of halogens is 2. The quantitative estimate of drug-likeness (QED) is 0.202. The highest BCUT2D eigenvalue weighted by atomic mass is 79.9. The van der Waals surface area contributed by atoms with E-state index in [-0.39, 0.29) is 11.6 Å². The normalized spacial score (nSPS) is 14.5. The predicted molar refractivity (Wildman–Crippen MR) is 123 cm³/mol. The molecule has 2 aromatic carbocycles. The average molecular weight is 580 g/mol. The zero-order valence-corrected chi connectivity index (χ0v) is 21.1. The molecule has 0 N–H and O–H groups in total. The Morgan fingerprint density at radius 3 is 2.56 bits per heavy atom. The first-order valence-electron chi connectivity index (χ1n) is 9.33. The van der Waals surface area contributed by atoms with Crippen molar-refractivity contribution in [2.24, 2.45) is 0 Å². The maximum absolute atomic E-state index is 13.0. The fourth-order valence-electron chi connectivity index (χ4n) is 3.60. The molecule has 0 radical (unpaired) electrons. The summed E-state index contributed by atoms with van der Waals surface area (Å²) >= 11 is 8.11. The standard InChI is InChI=1S/C21H16Br2N4O4S/c1-10(28)26-16-6-5-13(22)9-14(16)18-19(30)24-21(32-3)25-27(18)20(26)12-4-7-17(15(23)8-12)31-11(2)29/h4-9,20H,1-3H3. The van der Waals surface area contributed by atoms with E-state index in [1.165, 1.54) is 30.3 Å². The zero-order chi connectivity index (χ0) is 23.2. The summed E-state index contributed by atoms with van der Waals surface area (Å²) in [7, 11) is 0. The van der Waals surface area contributed by atoms with Crippen LogP contribution in [0.25, 0.3) is 11.3 Å². The number of hydrogen-bond acceptors (Lipinski definition) is 7. The number of carbonyl (C=O) groups is 2. The van der Waals surface area contributed by atoms with Crippen LogP contribution in [0.1, 0.15) is 25.6 Å². The highest BCUT2D eigenvalue weighted by Crippen LogP contribution is 2.43. The van der Waals surface area contributed by atoms with Crippen molar-refractivity contribution in [2.45, 2.75) is 25.2 Å². The van der Waals surface area contributed by atoms with Crippen molar-refractivity contribution in [3.63, 3.8) is 0 Å². The molecule has 4 rings (SSSR count). The highest BCUT2D eigenvalue weighted by molar-refractivity contribution is 9.10. The SMILES string of the molecule is CSc1nc([O-])c2[n+](n1)C(c1ccc(OC(C)=O)c(Br)c1)N(C(C)=O)c1ccc(Br)cc1-2. The Morgan fingerprint density at radius 2 is 1.94 bits per heavy atom. The summed E-state index contributed by atoms with van der Waals surface area (Å²) in [5.74, 6) is -0.770. The number of carbonyl (C=O) groups excluding carboxylic acids is 2. The lowest BCUT2D eigenvalue weighted by atomic mass is 10.0. The molecule has 3 aromatic rings. The maximum atomic E-state index is 13.0. The van der Waals surface area contributed by atoms with Gasteiger partial charge in [0.25, 0.3) is 17.0 Å². The van der Waals surface area contributed by atoms with Crippen molar-refractivity contribution in [2.75, 3.05) is 11.2 Å². The molecular weight excluding hydrogens is 564 g/mol. The molecule has 0 saturated heterocycles. The van der Waals surface area contributed by atoms with Crippen LogP contribution in [-0.2, 0) is 9.59 Å². The van der Waals surface area contributed by atoms with Gasteiger partial charge in [-0.3, -0.25) is 9.59 Å². The molecule has 0 saturated carbocycles. The summed E-state index contributed by atoms with van der Waals surface area (Å²) in [5.41, 5.74) is 2.07. The summed E-state index contributed by atoms with van der Waals surface area (Å²) in [6.45, 7) is 2.78. The van der Waals surface area contributed by atoms with Crippen LogP contribution in [0.2, 0.25) is 0 Å². The number of hydrogen-bond donors (Lipinski definition) is 0. The second-order valence-electron chi connectivity index (χ2n) is 6.90. The molecule has 1 aliphatic rings. The van der Waals surface area contributed by atoms with E-state index in [2.05, 4.69) is 41.9 Å². The second-order valence-corrected chi connectivity index (χ2v) is 9.45. The fourth-order valence-corrected chi connectivity index (χ4v) is 4.78. The second kappa shape index (κ2) is 8.80. The summed E-state index contributed by atoms with van der Waals surface area (Å²) in [6, 6.07) is 10.5. The molecule has 8 nitrogen and oxygen atoms in total. The fraction of sp³-hybridized carbons (Fsp3) is 0.190. The Bertz CT molecular complexity index is 1270. The number of benzene rings is 2. The Morgan fingerprint density at radius 1 is 1.19 bits per heavy atom. The van der Waals surface area contributed by atoms with Crippen LogP contribution in [0, 0.1) is 0 Å². The smallest absolute Gasteiger partial charge is 0.308 e. The van der Waals surface area contributed by atoms with E-state index in [4.69, 9.17) is 4.74 Å². The first-order chi connectivity index (χ1) is 15.2. The van der Waals surface area contributed by atoms with Gasteiger partial charge in [0.15, 0.2) is 0 Å². The average Bonchev–Trinajstić information content (AvgIpc) is 2.73. The van der Waals surface area contributed by atoms with Gasteiger partial charge in [-0.2, -0.15) is 0 Å². The van der Waals surface area contributed by atoms with Crippen LogP contribution in [0.3, 0.4) is 0 Å². The molecular formula is C21H16Br2N4O4S. The van der Waals surface area contributed by atoms with Crippen molar-refractivity contribution in [1.29, 1.82) is 0 Å². The van der Waals surface area contributed by atoms with Gasteiger partial charge in [0, 0.05) is 29.0 Å². The molecule has 1 unspecified atom stereocenters. The largest absolute Gasteiger partial charge is 0.854 e. The molecule has 1 aliphatic heterocycles. The van der Waals surface area contributed by atoms with Gasteiger partial charge in [-0.05, 0) is 58.6 Å². The summed E-state index contributed by atoms with van der Waals surface area (Å²) < 4.78 is 8.01. The van der Waals surface area contributed by atoms with Crippen LogP contribution < -0.4 is 19.4 Å². The minimum Gasteiger partial charge on any atom is -0.854 e. The van der Waals surface area contributed by atoms with Gasteiger partial charge in [-0.15, -0.1) is 0 Å². The zero-order valence-electron chi connectivity index (χ0n) is 17.1. The number of esters is 1. The van der Waals surface area contributed by atoms with Gasteiger partial charge in [0.2, 0.25) is 5.91 Å². The van der Waals surface area contributed by atoms with Gasteiger partial charge in [-0.1, -0.05) is 32.4 Å². The predicted octanol–water partition coefficient (Wildman–Crippen LogP) is 3.59. The van der Waals surface area contributed by atoms with Crippen molar-refractivity contribution in [3.05, 3.63) is 50.9 Å². The van der Waals surface area contributed by atoms with E-state index in [9.17, 15) is 14.7 Å². The van der Waals surface area contributed by atoms with Gasteiger partial charge >= 0.3 is 5.97 Å². The molecule has 0 bridgehead atoms. The number of fused-ring (bicyclic) bond motifs is 3. The number of ether oxygens (including phenoxy) is 1. The summed E-state index contributed by atoms with van der Waals surface area (Å²) in [4.78, 5) is 29.9. The molecule has 32 heavy (non-hydrogen) atoms. The Balaban J connectivity index is 2.01. The minimum atomic E-state index is -0.750.